The Morgan fingerprint density at radius 2 is 1.73 bits per heavy atom. The fourth-order valence-corrected chi connectivity index (χ4v) is 1.78. The van der Waals surface area contributed by atoms with Crippen molar-refractivity contribution in [3.8, 4) is 0 Å². The van der Waals surface area contributed by atoms with Gasteiger partial charge in [0.1, 0.15) is 0 Å². The summed E-state index contributed by atoms with van der Waals surface area (Å²) in [5.41, 5.74) is 1.55. The minimum absolute atomic E-state index is 0.874. The van der Waals surface area contributed by atoms with Gasteiger partial charge in [-0.05, 0) is 38.0 Å². The Morgan fingerprint density at radius 1 is 1.07 bits per heavy atom. The zero-order valence-corrected chi connectivity index (χ0v) is 11.5. The largest absolute Gasteiger partial charge is 0.0856 e. The molecule has 0 aliphatic carbocycles. The number of allylic oxidation sites excluding steroid dienone is 2. The van der Waals surface area contributed by atoms with E-state index in [1.165, 1.54) is 38.5 Å². The van der Waals surface area contributed by atoms with Crippen LogP contribution in [-0.4, -0.2) is 0 Å². The lowest BCUT2D eigenvalue weighted by Gasteiger charge is -2.11. The van der Waals surface area contributed by atoms with Gasteiger partial charge < -0.3 is 0 Å². The van der Waals surface area contributed by atoms with Crippen LogP contribution in [0.3, 0.4) is 0 Å². The van der Waals surface area contributed by atoms with Gasteiger partial charge >= 0.3 is 0 Å². The van der Waals surface area contributed by atoms with Crippen LogP contribution < -0.4 is 0 Å². The molecule has 90 valence electrons. The second-order valence-electron chi connectivity index (χ2n) is 5.41. The van der Waals surface area contributed by atoms with Gasteiger partial charge in [-0.15, -0.1) is 0 Å². The molecule has 0 amide bonds. The molecule has 0 aromatic heterocycles. The van der Waals surface area contributed by atoms with Crippen molar-refractivity contribution in [1.29, 1.82) is 0 Å². The average molecular weight is 210 g/mol. The zero-order valence-electron chi connectivity index (χ0n) is 11.5. The van der Waals surface area contributed by atoms with Crippen molar-refractivity contribution in [2.24, 2.45) is 11.8 Å². The van der Waals surface area contributed by atoms with Gasteiger partial charge in [0.05, 0.1) is 0 Å². The SMILES string of the molecule is CC/C(C)=C/CCC(C)CCCC(C)C. The van der Waals surface area contributed by atoms with Crippen LogP contribution in [0.25, 0.3) is 0 Å². The molecule has 0 aromatic carbocycles. The van der Waals surface area contributed by atoms with Crippen LogP contribution in [0.2, 0.25) is 0 Å². The molecular formula is C15H30. The molecule has 0 radical (unpaired) electrons. The molecule has 0 nitrogen and oxygen atoms in total. The Labute approximate surface area is 97.2 Å². The van der Waals surface area contributed by atoms with Crippen LogP contribution in [0, 0.1) is 11.8 Å². The van der Waals surface area contributed by atoms with Gasteiger partial charge in [0.25, 0.3) is 0 Å². The van der Waals surface area contributed by atoms with E-state index in [4.69, 9.17) is 0 Å². The Bertz CT molecular complexity index is 165. The molecule has 0 aromatic rings. The van der Waals surface area contributed by atoms with Crippen LogP contribution in [0.15, 0.2) is 11.6 Å². The molecule has 0 heteroatoms. The Hall–Kier alpha value is -0.260. The average Bonchev–Trinajstić information content (AvgIpc) is 2.17. The third-order valence-corrected chi connectivity index (χ3v) is 3.19. The molecule has 0 heterocycles. The molecule has 1 atom stereocenters. The van der Waals surface area contributed by atoms with Crippen molar-refractivity contribution in [3.05, 3.63) is 11.6 Å². The Kier molecular flexibility index (Phi) is 8.85. The van der Waals surface area contributed by atoms with Gasteiger partial charge in [0.15, 0.2) is 0 Å². The molecule has 0 rings (SSSR count). The highest BCUT2D eigenvalue weighted by Gasteiger charge is 2.02. The molecule has 15 heavy (non-hydrogen) atoms. The van der Waals surface area contributed by atoms with E-state index in [-0.39, 0.29) is 0 Å². The summed E-state index contributed by atoms with van der Waals surface area (Å²) in [4.78, 5) is 0. The van der Waals surface area contributed by atoms with Crippen molar-refractivity contribution < 1.29 is 0 Å². The zero-order chi connectivity index (χ0) is 11.7. The first-order valence-electron chi connectivity index (χ1n) is 6.71. The summed E-state index contributed by atoms with van der Waals surface area (Å²) in [6.45, 7) is 11.5. The van der Waals surface area contributed by atoms with E-state index in [9.17, 15) is 0 Å². The Morgan fingerprint density at radius 3 is 2.27 bits per heavy atom. The van der Waals surface area contributed by atoms with E-state index in [2.05, 4.69) is 40.7 Å². The fourth-order valence-electron chi connectivity index (χ4n) is 1.78. The maximum absolute atomic E-state index is 2.42. The van der Waals surface area contributed by atoms with Crippen LogP contribution in [0.5, 0.6) is 0 Å². The summed E-state index contributed by atoms with van der Waals surface area (Å²) >= 11 is 0. The maximum atomic E-state index is 2.42. The topological polar surface area (TPSA) is 0 Å². The maximum Gasteiger partial charge on any atom is -0.0346 e. The van der Waals surface area contributed by atoms with E-state index >= 15 is 0 Å². The first-order valence-corrected chi connectivity index (χ1v) is 6.71. The second kappa shape index (κ2) is 9.00. The highest BCUT2D eigenvalue weighted by molar-refractivity contribution is 4.96. The molecule has 0 saturated carbocycles. The predicted octanol–water partition coefficient (Wildman–Crippen LogP) is 5.59. The van der Waals surface area contributed by atoms with E-state index in [0.29, 0.717) is 0 Å². The second-order valence-corrected chi connectivity index (χ2v) is 5.41. The van der Waals surface area contributed by atoms with Crippen LogP contribution >= 0.6 is 0 Å². The third-order valence-electron chi connectivity index (χ3n) is 3.19. The van der Waals surface area contributed by atoms with Crippen molar-refractivity contribution in [2.75, 3.05) is 0 Å². The number of hydrogen-bond acceptors (Lipinski definition) is 0. The lowest BCUT2D eigenvalue weighted by Crippen LogP contribution is -1.96. The molecule has 0 spiro atoms. The fraction of sp³-hybridized carbons (Fsp3) is 0.867. The monoisotopic (exact) mass is 210 g/mol. The summed E-state index contributed by atoms with van der Waals surface area (Å²) in [7, 11) is 0. The summed E-state index contributed by atoms with van der Waals surface area (Å²) in [5.74, 6) is 1.78. The van der Waals surface area contributed by atoms with E-state index < -0.39 is 0 Å². The van der Waals surface area contributed by atoms with Crippen LogP contribution in [-0.2, 0) is 0 Å². The smallest absolute Gasteiger partial charge is 0.0346 e. The minimum atomic E-state index is 0.874. The molecule has 0 aliphatic rings. The van der Waals surface area contributed by atoms with E-state index in [0.717, 1.165) is 11.8 Å². The molecule has 0 aliphatic heterocycles. The van der Waals surface area contributed by atoms with E-state index in [1.54, 1.807) is 5.57 Å². The van der Waals surface area contributed by atoms with Crippen LogP contribution in [0.1, 0.15) is 73.1 Å². The molecule has 1 unspecified atom stereocenters. The molecule has 0 saturated heterocycles. The van der Waals surface area contributed by atoms with Crippen molar-refractivity contribution in [2.45, 2.75) is 73.1 Å². The van der Waals surface area contributed by atoms with Crippen LogP contribution in [0.4, 0.5) is 0 Å². The minimum Gasteiger partial charge on any atom is -0.0856 e. The summed E-state index contributed by atoms with van der Waals surface area (Å²) < 4.78 is 0. The summed E-state index contributed by atoms with van der Waals surface area (Å²) in [5, 5.41) is 0. The highest BCUT2D eigenvalue weighted by atomic mass is 14.1. The molecule has 0 bridgehead atoms. The molecule has 0 fully saturated rings. The lowest BCUT2D eigenvalue weighted by atomic mass is 9.95. The van der Waals surface area contributed by atoms with Gasteiger partial charge in [0.2, 0.25) is 0 Å². The van der Waals surface area contributed by atoms with Crippen molar-refractivity contribution in [3.63, 3.8) is 0 Å². The molecular weight excluding hydrogens is 180 g/mol. The van der Waals surface area contributed by atoms with Crippen molar-refractivity contribution >= 4 is 0 Å². The quantitative estimate of drug-likeness (QED) is 0.458. The van der Waals surface area contributed by atoms with E-state index in [1.807, 2.05) is 0 Å². The highest BCUT2D eigenvalue weighted by Crippen LogP contribution is 2.17. The number of hydrogen-bond donors (Lipinski definition) is 0. The van der Waals surface area contributed by atoms with Gasteiger partial charge in [-0.3, -0.25) is 0 Å². The van der Waals surface area contributed by atoms with Gasteiger partial charge in [0, 0.05) is 0 Å². The first-order chi connectivity index (χ1) is 7.06. The number of rotatable bonds is 8. The lowest BCUT2D eigenvalue weighted by molar-refractivity contribution is 0.439. The van der Waals surface area contributed by atoms with Crippen molar-refractivity contribution in [1.82, 2.24) is 0 Å². The third kappa shape index (κ3) is 10.0. The van der Waals surface area contributed by atoms with Gasteiger partial charge in [-0.1, -0.05) is 58.6 Å². The first kappa shape index (κ1) is 14.7. The predicted molar refractivity (Wildman–Crippen MR) is 71.1 cm³/mol. The normalized spacial score (nSPS) is 14.7. The summed E-state index contributed by atoms with van der Waals surface area (Å²) in [6.07, 6.45) is 10.5. The standard InChI is InChI=1S/C15H30/c1-6-14(4)10-8-12-15(5)11-7-9-13(2)3/h10,13,15H,6-9,11-12H2,1-5H3/b14-10+. The molecule has 0 N–H and O–H groups in total. The van der Waals surface area contributed by atoms with Gasteiger partial charge in [-0.25, -0.2) is 0 Å². The Balaban J connectivity index is 3.45. The summed E-state index contributed by atoms with van der Waals surface area (Å²) in [6, 6.07) is 0. The van der Waals surface area contributed by atoms with Gasteiger partial charge in [-0.2, -0.15) is 0 Å².